The number of aromatic carboxylic acids is 1. The summed E-state index contributed by atoms with van der Waals surface area (Å²) in [5, 5.41) is 38.3. The van der Waals surface area contributed by atoms with E-state index in [0.717, 1.165) is 12.1 Å². The molecule has 0 unspecified atom stereocenters. The second-order valence-corrected chi connectivity index (χ2v) is 4.05. The first-order valence-electron chi connectivity index (χ1n) is 5.61. The first kappa shape index (κ1) is 13.5. The Balaban J connectivity index is 2.76. The zero-order valence-corrected chi connectivity index (χ0v) is 10.5. The van der Waals surface area contributed by atoms with Gasteiger partial charge >= 0.3 is 5.97 Å². The minimum atomic E-state index is -1.25. The Morgan fingerprint density at radius 2 is 1.75 bits per heavy atom. The summed E-state index contributed by atoms with van der Waals surface area (Å²) in [6, 6.07) is 6.47. The van der Waals surface area contributed by atoms with Crippen LogP contribution in [0.2, 0.25) is 0 Å². The number of para-hydroxylation sites is 1. The molecule has 0 spiro atoms. The smallest absolute Gasteiger partial charge is 0.336 e. The zero-order chi connectivity index (χ0) is 14.9. The normalized spacial score (nSPS) is 10.2. The Kier molecular flexibility index (Phi) is 3.39. The van der Waals surface area contributed by atoms with Crippen LogP contribution in [0.5, 0.6) is 23.0 Å². The lowest BCUT2D eigenvalue weighted by Crippen LogP contribution is -2.01. The van der Waals surface area contributed by atoms with Gasteiger partial charge in [0.25, 0.3) is 0 Å². The van der Waals surface area contributed by atoms with Crippen molar-refractivity contribution in [1.82, 2.24) is 0 Å². The summed E-state index contributed by atoms with van der Waals surface area (Å²) in [5.41, 5.74) is 0.00473. The molecule has 20 heavy (non-hydrogen) atoms. The Hall–Kier alpha value is -2.89. The van der Waals surface area contributed by atoms with Crippen LogP contribution in [0.15, 0.2) is 30.3 Å². The maximum absolute atomic E-state index is 11.3. The van der Waals surface area contributed by atoms with Gasteiger partial charge in [-0.15, -0.1) is 0 Å². The molecule has 0 fully saturated rings. The van der Waals surface area contributed by atoms with Gasteiger partial charge in [0.05, 0.1) is 12.7 Å². The molecule has 4 N–H and O–H groups in total. The van der Waals surface area contributed by atoms with Crippen molar-refractivity contribution in [2.75, 3.05) is 7.11 Å². The van der Waals surface area contributed by atoms with Crippen LogP contribution in [-0.4, -0.2) is 33.5 Å². The Labute approximate surface area is 114 Å². The molecule has 6 nitrogen and oxygen atoms in total. The van der Waals surface area contributed by atoms with Gasteiger partial charge in [-0.05, 0) is 18.2 Å². The zero-order valence-electron chi connectivity index (χ0n) is 10.5. The molecule has 2 aromatic rings. The third kappa shape index (κ3) is 2.18. The molecule has 0 heterocycles. The molecule has 0 aliphatic heterocycles. The minimum absolute atomic E-state index is 0.00536. The fraction of sp³-hybridized carbons (Fsp3) is 0.0714. The standard InChI is InChI=1S/C14H12O6/c1-20-12-6-9(14(18)19)8(5-11(12)16)7-3-2-4-10(15)13(7)17/h2-6,15-17H,1H3,(H,18,19). The van der Waals surface area contributed by atoms with E-state index in [9.17, 15) is 25.2 Å². The van der Waals surface area contributed by atoms with Gasteiger partial charge in [0.1, 0.15) is 0 Å². The van der Waals surface area contributed by atoms with Crippen molar-refractivity contribution in [3.05, 3.63) is 35.9 Å². The van der Waals surface area contributed by atoms with Crippen LogP contribution >= 0.6 is 0 Å². The third-order valence-electron chi connectivity index (χ3n) is 2.85. The molecule has 0 aromatic heterocycles. The predicted molar refractivity (Wildman–Crippen MR) is 70.4 cm³/mol. The van der Waals surface area contributed by atoms with Gasteiger partial charge in [0.15, 0.2) is 23.0 Å². The highest BCUT2D eigenvalue weighted by molar-refractivity contribution is 5.98. The van der Waals surface area contributed by atoms with Crippen molar-refractivity contribution in [2.24, 2.45) is 0 Å². The van der Waals surface area contributed by atoms with Crippen molar-refractivity contribution in [3.8, 4) is 34.1 Å². The summed E-state index contributed by atoms with van der Waals surface area (Å²) in [4.78, 5) is 11.3. The lowest BCUT2D eigenvalue weighted by molar-refractivity contribution is 0.0697. The van der Waals surface area contributed by atoms with Crippen molar-refractivity contribution in [2.45, 2.75) is 0 Å². The van der Waals surface area contributed by atoms with Gasteiger partial charge in [-0.2, -0.15) is 0 Å². The van der Waals surface area contributed by atoms with Crippen LogP contribution in [0, 0.1) is 0 Å². The molecular weight excluding hydrogens is 264 g/mol. The molecule has 2 rings (SSSR count). The van der Waals surface area contributed by atoms with E-state index in [1.807, 2.05) is 0 Å². The number of benzene rings is 2. The Morgan fingerprint density at radius 3 is 2.35 bits per heavy atom. The molecule has 0 saturated heterocycles. The first-order chi connectivity index (χ1) is 9.45. The van der Waals surface area contributed by atoms with E-state index in [-0.39, 0.29) is 33.9 Å². The lowest BCUT2D eigenvalue weighted by Gasteiger charge is -2.12. The van der Waals surface area contributed by atoms with Crippen molar-refractivity contribution < 1.29 is 30.0 Å². The fourth-order valence-electron chi connectivity index (χ4n) is 1.88. The highest BCUT2D eigenvalue weighted by Crippen LogP contribution is 2.41. The van der Waals surface area contributed by atoms with Gasteiger partial charge in [-0.25, -0.2) is 4.79 Å². The summed E-state index contributed by atoms with van der Waals surface area (Å²) in [6.07, 6.45) is 0. The molecule has 0 bridgehead atoms. The number of phenolic OH excluding ortho intramolecular Hbond substituents is 3. The van der Waals surface area contributed by atoms with E-state index in [1.54, 1.807) is 0 Å². The van der Waals surface area contributed by atoms with Gasteiger partial charge in [0.2, 0.25) is 0 Å². The first-order valence-corrected chi connectivity index (χ1v) is 5.61. The van der Waals surface area contributed by atoms with Crippen molar-refractivity contribution in [3.63, 3.8) is 0 Å². The fourth-order valence-corrected chi connectivity index (χ4v) is 1.88. The number of phenols is 3. The average Bonchev–Trinajstić information content (AvgIpc) is 2.41. The van der Waals surface area contributed by atoms with Gasteiger partial charge in [-0.3, -0.25) is 0 Å². The van der Waals surface area contributed by atoms with Gasteiger partial charge in [0, 0.05) is 11.1 Å². The topological polar surface area (TPSA) is 107 Å². The average molecular weight is 276 g/mol. The summed E-state index contributed by atoms with van der Waals surface area (Å²) in [5.74, 6) is -2.35. The molecule has 0 aliphatic rings. The van der Waals surface area contributed by atoms with E-state index < -0.39 is 11.7 Å². The maximum atomic E-state index is 11.3. The second-order valence-electron chi connectivity index (χ2n) is 4.05. The number of aromatic hydroxyl groups is 3. The maximum Gasteiger partial charge on any atom is 0.336 e. The molecule has 0 saturated carbocycles. The van der Waals surface area contributed by atoms with Crippen LogP contribution in [0.1, 0.15) is 10.4 Å². The summed E-state index contributed by atoms with van der Waals surface area (Å²) >= 11 is 0. The van der Waals surface area contributed by atoms with E-state index in [2.05, 4.69) is 0 Å². The molecule has 0 amide bonds. The molecule has 0 atom stereocenters. The van der Waals surface area contributed by atoms with E-state index in [1.165, 1.54) is 25.3 Å². The van der Waals surface area contributed by atoms with Crippen LogP contribution in [0.3, 0.4) is 0 Å². The van der Waals surface area contributed by atoms with E-state index in [4.69, 9.17) is 4.74 Å². The lowest BCUT2D eigenvalue weighted by atomic mass is 9.97. The van der Waals surface area contributed by atoms with Crippen LogP contribution in [-0.2, 0) is 0 Å². The summed E-state index contributed by atoms with van der Waals surface area (Å²) in [6.45, 7) is 0. The molecule has 0 radical (unpaired) electrons. The number of hydrogen-bond acceptors (Lipinski definition) is 5. The van der Waals surface area contributed by atoms with Crippen molar-refractivity contribution >= 4 is 5.97 Å². The number of ether oxygens (including phenoxy) is 1. The summed E-state index contributed by atoms with van der Waals surface area (Å²) < 4.78 is 4.86. The molecule has 2 aromatic carbocycles. The predicted octanol–water partition coefficient (Wildman–Crippen LogP) is 2.18. The van der Waals surface area contributed by atoms with Crippen LogP contribution < -0.4 is 4.74 Å². The number of hydrogen-bond donors (Lipinski definition) is 4. The SMILES string of the molecule is COc1cc(C(=O)O)c(-c2cccc(O)c2O)cc1O. The van der Waals surface area contributed by atoms with E-state index in [0.29, 0.717) is 0 Å². The highest BCUT2D eigenvalue weighted by Gasteiger charge is 2.19. The van der Waals surface area contributed by atoms with Gasteiger partial charge in [-0.1, -0.05) is 12.1 Å². The Bertz CT molecular complexity index is 678. The molecule has 6 heteroatoms. The number of carboxylic acid groups (broad SMARTS) is 1. The second kappa shape index (κ2) is 5.00. The number of carbonyl (C=O) groups is 1. The quantitative estimate of drug-likeness (QED) is 0.640. The molecule has 104 valence electrons. The number of rotatable bonds is 3. The molecule has 0 aliphatic carbocycles. The highest BCUT2D eigenvalue weighted by atomic mass is 16.5. The van der Waals surface area contributed by atoms with Crippen LogP contribution in [0.4, 0.5) is 0 Å². The van der Waals surface area contributed by atoms with Crippen LogP contribution in [0.25, 0.3) is 11.1 Å². The Morgan fingerprint density at radius 1 is 1.05 bits per heavy atom. The molecular formula is C14H12O6. The monoisotopic (exact) mass is 276 g/mol. The summed E-state index contributed by atoms with van der Waals surface area (Å²) in [7, 11) is 1.30. The largest absolute Gasteiger partial charge is 0.504 e. The van der Waals surface area contributed by atoms with Gasteiger partial charge < -0.3 is 25.2 Å². The minimum Gasteiger partial charge on any atom is -0.504 e. The third-order valence-corrected chi connectivity index (χ3v) is 2.85. The number of methoxy groups -OCH3 is 1. The van der Waals surface area contributed by atoms with E-state index >= 15 is 0 Å². The number of carboxylic acids is 1. The van der Waals surface area contributed by atoms with Crippen molar-refractivity contribution in [1.29, 1.82) is 0 Å².